The monoisotopic (exact) mass is 439 g/mol. The van der Waals surface area contributed by atoms with Crippen LogP contribution in [0.2, 0.25) is 0 Å². The van der Waals surface area contributed by atoms with Gasteiger partial charge in [0, 0.05) is 23.5 Å². The normalized spacial score (nSPS) is 13.8. The predicted molar refractivity (Wildman–Crippen MR) is 115 cm³/mol. The number of anilines is 1. The van der Waals surface area contributed by atoms with E-state index in [2.05, 4.69) is 15.0 Å². The van der Waals surface area contributed by atoms with E-state index in [1.807, 2.05) is 19.1 Å². The highest BCUT2D eigenvalue weighted by Gasteiger charge is 2.20. The average molecular weight is 439 g/mol. The lowest BCUT2D eigenvalue weighted by molar-refractivity contribution is 0.0939. The van der Waals surface area contributed by atoms with Crippen LogP contribution in [0.5, 0.6) is 11.5 Å². The third kappa shape index (κ3) is 4.77. The molecule has 2 N–H and O–H groups in total. The molecule has 1 unspecified atom stereocenters. The summed E-state index contributed by atoms with van der Waals surface area (Å²) in [7, 11) is -3.88. The molecule has 160 valence electrons. The van der Waals surface area contributed by atoms with Crippen molar-refractivity contribution in [3.8, 4) is 11.5 Å². The molecule has 1 aliphatic heterocycles. The van der Waals surface area contributed by atoms with Crippen molar-refractivity contribution >= 4 is 21.6 Å². The maximum atomic E-state index is 12.8. The number of fused-ring (bicyclic) bond motifs is 1. The molecule has 3 aromatic rings. The molecule has 1 aliphatic rings. The molecule has 4 rings (SSSR count). The highest BCUT2D eigenvalue weighted by atomic mass is 32.2. The van der Waals surface area contributed by atoms with E-state index in [1.54, 1.807) is 36.5 Å². The van der Waals surface area contributed by atoms with Gasteiger partial charge in [0.05, 0.1) is 16.6 Å². The van der Waals surface area contributed by atoms with Gasteiger partial charge in [-0.2, -0.15) is 0 Å². The van der Waals surface area contributed by atoms with Gasteiger partial charge in [-0.25, -0.2) is 8.42 Å². The highest BCUT2D eigenvalue weighted by Crippen LogP contribution is 2.32. The van der Waals surface area contributed by atoms with Crippen molar-refractivity contribution < 1.29 is 22.7 Å². The number of ether oxygens (including phenoxy) is 2. The molecule has 2 heterocycles. The molecule has 1 atom stereocenters. The van der Waals surface area contributed by atoms with Gasteiger partial charge < -0.3 is 14.8 Å². The number of benzene rings is 2. The smallest absolute Gasteiger partial charge is 0.262 e. The Morgan fingerprint density at radius 3 is 2.58 bits per heavy atom. The number of carbonyl (C=O) groups excluding carboxylic acids is 1. The van der Waals surface area contributed by atoms with Crippen LogP contribution in [-0.2, 0) is 10.0 Å². The summed E-state index contributed by atoms with van der Waals surface area (Å²) in [4.78, 5) is 16.9. The number of nitrogens with zero attached hydrogens (tertiary/aromatic N) is 1. The van der Waals surface area contributed by atoms with E-state index in [-0.39, 0.29) is 22.5 Å². The van der Waals surface area contributed by atoms with E-state index in [4.69, 9.17) is 9.47 Å². The van der Waals surface area contributed by atoms with Gasteiger partial charge in [0.1, 0.15) is 13.2 Å². The number of rotatable bonds is 6. The van der Waals surface area contributed by atoms with Crippen LogP contribution in [0.25, 0.3) is 0 Å². The van der Waals surface area contributed by atoms with Crippen LogP contribution < -0.4 is 19.5 Å². The quantitative estimate of drug-likeness (QED) is 0.611. The summed E-state index contributed by atoms with van der Waals surface area (Å²) < 4.78 is 39.0. The van der Waals surface area contributed by atoms with E-state index < -0.39 is 10.0 Å². The molecule has 9 heteroatoms. The summed E-state index contributed by atoms with van der Waals surface area (Å²) in [5, 5.41) is 2.86. The fraction of sp³-hybridized carbons (Fsp3) is 0.182. The van der Waals surface area contributed by atoms with Crippen molar-refractivity contribution in [2.75, 3.05) is 17.9 Å². The molecule has 0 saturated carbocycles. The average Bonchev–Trinajstić information content (AvgIpc) is 2.79. The molecule has 0 radical (unpaired) electrons. The molecular formula is C22H21N3O5S. The Labute approximate surface area is 180 Å². The lowest BCUT2D eigenvalue weighted by Gasteiger charge is -2.19. The Bertz CT molecular complexity index is 1200. The first-order valence-electron chi connectivity index (χ1n) is 9.67. The van der Waals surface area contributed by atoms with Crippen molar-refractivity contribution in [1.29, 1.82) is 0 Å². The largest absolute Gasteiger partial charge is 0.486 e. The van der Waals surface area contributed by atoms with Gasteiger partial charge in [-0.15, -0.1) is 0 Å². The Hall–Kier alpha value is -3.59. The van der Waals surface area contributed by atoms with E-state index in [0.29, 0.717) is 30.3 Å². The van der Waals surface area contributed by atoms with Crippen LogP contribution in [0.3, 0.4) is 0 Å². The zero-order valence-corrected chi connectivity index (χ0v) is 17.6. The molecule has 1 aromatic heterocycles. The molecular weight excluding hydrogens is 418 g/mol. The van der Waals surface area contributed by atoms with Gasteiger partial charge in [-0.3, -0.25) is 14.5 Å². The minimum atomic E-state index is -3.88. The van der Waals surface area contributed by atoms with Crippen molar-refractivity contribution in [3.63, 3.8) is 0 Å². The van der Waals surface area contributed by atoms with Gasteiger partial charge in [-0.05, 0) is 49.4 Å². The molecule has 0 saturated heterocycles. The first-order valence-corrected chi connectivity index (χ1v) is 11.1. The van der Waals surface area contributed by atoms with E-state index in [9.17, 15) is 13.2 Å². The Morgan fingerprint density at radius 1 is 1.00 bits per heavy atom. The maximum absolute atomic E-state index is 12.8. The summed E-state index contributed by atoms with van der Waals surface area (Å²) >= 11 is 0. The van der Waals surface area contributed by atoms with Crippen LogP contribution in [0.15, 0.2) is 71.8 Å². The van der Waals surface area contributed by atoms with Crippen LogP contribution in [0.4, 0.5) is 5.69 Å². The Morgan fingerprint density at radius 2 is 1.81 bits per heavy atom. The first kappa shape index (κ1) is 20.7. The summed E-state index contributed by atoms with van der Waals surface area (Å²) in [6.07, 6.45) is 1.66. The molecule has 0 bridgehead atoms. The van der Waals surface area contributed by atoms with Crippen LogP contribution >= 0.6 is 0 Å². The Kier molecular flexibility index (Phi) is 5.77. The number of hydrogen-bond donors (Lipinski definition) is 2. The molecule has 2 aromatic carbocycles. The zero-order valence-electron chi connectivity index (χ0n) is 16.7. The lowest BCUT2D eigenvalue weighted by atomic mass is 10.1. The van der Waals surface area contributed by atoms with Crippen molar-refractivity contribution in [2.45, 2.75) is 17.9 Å². The number of carbonyl (C=O) groups is 1. The third-order valence-corrected chi connectivity index (χ3v) is 6.06. The SMILES string of the molecule is CC(NC(=O)c1cccc(NS(=O)(=O)c2ccc3c(c2)OCCO3)c1)c1ccccn1. The van der Waals surface area contributed by atoms with Gasteiger partial charge in [0.2, 0.25) is 0 Å². The second kappa shape index (κ2) is 8.65. The summed E-state index contributed by atoms with van der Waals surface area (Å²) in [6, 6.07) is 15.9. The van der Waals surface area contributed by atoms with Crippen molar-refractivity contribution in [1.82, 2.24) is 10.3 Å². The minimum Gasteiger partial charge on any atom is -0.486 e. The van der Waals surface area contributed by atoms with Crippen LogP contribution in [0, 0.1) is 0 Å². The minimum absolute atomic E-state index is 0.0374. The zero-order chi connectivity index (χ0) is 21.8. The molecule has 0 aliphatic carbocycles. The van der Waals surface area contributed by atoms with Crippen molar-refractivity contribution in [2.24, 2.45) is 0 Å². The second-order valence-electron chi connectivity index (χ2n) is 6.94. The fourth-order valence-corrected chi connectivity index (χ4v) is 4.18. The lowest BCUT2D eigenvalue weighted by Crippen LogP contribution is -2.27. The number of hydrogen-bond acceptors (Lipinski definition) is 6. The molecule has 0 spiro atoms. The fourth-order valence-electron chi connectivity index (χ4n) is 3.11. The standard InChI is InChI=1S/C22H21N3O5S/c1-15(19-7-2-3-10-23-19)24-22(26)16-5-4-6-17(13-16)25-31(27,28)18-8-9-20-21(14-18)30-12-11-29-20/h2-10,13-15,25H,11-12H2,1H3,(H,24,26). The number of amides is 1. The molecule has 0 fully saturated rings. The van der Waals surface area contributed by atoms with Gasteiger partial charge in [0.15, 0.2) is 11.5 Å². The summed E-state index contributed by atoms with van der Waals surface area (Å²) in [5.41, 5.74) is 1.32. The number of pyridine rings is 1. The molecule has 1 amide bonds. The van der Waals surface area contributed by atoms with E-state index in [0.717, 1.165) is 5.69 Å². The van der Waals surface area contributed by atoms with Crippen LogP contribution in [-0.4, -0.2) is 32.5 Å². The first-order chi connectivity index (χ1) is 14.9. The second-order valence-corrected chi connectivity index (χ2v) is 8.62. The van der Waals surface area contributed by atoms with E-state index in [1.165, 1.54) is 18.2 Å². The van der Waals surface area contributed by atoms with Gasteiger partial charge >= 0.3 is 0 Å². The number of sulfonamides is 1. The van der Waals surface area contributed by atoms with Gasteiger partial charge in [0.25, 0.3) is 15.9 Å². The van der Waals surface area contributed by atoms with Crippen LogP contribution in [0.1, 0.15) is 29.0 Å². The number of nitrogens with one attached hydrogen (secondary N) is 2. The molecule has 31 heavy (non-hydrogen) atoms. The summed E-state index contributed by atoms with van der Waals surface area (Å²) in [5.74, 6) is 0.551. The summed E-state index contributed by atoms with van der Waals surface area (Å²) in [6.45, 7) is 2.61. The predicted octanol–water partition coefficient (Wildman–Crippen LogP) is 3.14. The number of aromatic nitrogens is 1. The van der Waals surface area contributed by atoms with E-state index >= 15 is 0 Å². The highest BCUT2D eigenvalue weighted by molar-refractivity contribution is 7.92. The third-order valence-electron chi connectivity index (χ3n) is 4.68. The topological polar surface area (TPSA) is 107 Å². The molecule has 8 nitrogen and oxygen atoms in total. The Balaban J connectivity index is 1.49. The van der Waals surface area contributed by atoms with Gasteiger partial charge in [-0.1, -0.05) is 12.1 Å². The van der Waals surface area contributed by atoms with Crippen molar-refractivity contribution in [3.05, 3.63) is 78.1 Å². The maximum Gasteiger partial charge on any atom is 0.262 e.